The van der Waals surface area contributed by atoms with Crippen molar-refractivity contribution < 1.29 is 9.59 Å². The van der Waals surface area contributed by atoms with Crippen LogP contribution in [-0.2, 0) is 9.59 Å². The first-order valence-electron chi connectivity index (χ1n) is 7.91. The molecule has 2 aliphatic carbocycles. The zero-order valence-corrected chi connectivity index (χ0v) is 13.2. The van der Waals surface area contributed by atoms with Crippen LogP contribution < -0.4 is 16.4 Å². The number of rotatable bonds is 3. The molecule has 1 heterocycles. The van der Waals surface area contributed by atoms with E-state index in [2.05, 4.69) is 10.6 Å². The molecule has 2 amide bonds. The maximum Gasteiger partial charge on any atom is 0.223 e. The van der Waals surface area contributed by atoms with Gasteiger partial charge in [-0.25, -0.2) is 0 Å². The van der Waals surface area contributed by atoms with Gasteiger partial charge in [-0.2, -0.15) is 0 Å². The lowest BCUT2D eigenvalue weighted by Gasteiger charge is -2.29. The Labute approximate surface area is 132 Å². The summed E-state index contributed by atoms with van der Waals surface area (Å²) in [6.45, 7) is 2.08. The molecule has 4 N–H and O–H groups in total. The number of primary amides is 1. The summed E-state index contributed by atoms with van der Waals surface area (Å²) < 4.78 is 0. The van der Waals surface area contributed by atoms with E-state index in [1.165, 1.54) is 0 Å². The van der Waals surface area contributed by atoms with Gasteiger partial charge in [-0.1, -0.05) is 6.42 Å². The van der Waals surface area contributed by atoms with E-state index in [9.17, 15) is 9.59 Å². The molecule has 0 aromatic heterocycles. The lowest BCUT2D eigenvalue weighted by Crippen LogP contribution is -2.43. The number of carbonyl (C=O) groups is 2. The molecule has 120 valence electrons. The first-order valence-corrected chi connectivity index (χ1v) is 7.91. The van der Waals surface area contributed by atoms with E-state index in [4.69, 9.17) is 5.73 Å². The lowest BCUT2D eigenvalue weighted by molar-refractivity contribution is -0.126. The number of piperidine rings is 1. The Bertz CT molecular complexity index is 410. The zero-order chi connectivity index (χ0) is 14.2. The highest BCUT2D eigenvalue weighted by atomic mass is 35.5. The predicted molar refractivity (Wildman–Crippen MR) is 83.0 cm³/mol. The summed E-state index contributed by atoms with van der Waals surface area (Å²) in [6.07, 6.45) is 6.87. The van der Waals surface area contributed by atoms with Crippen LogP contribution >= 0.6 is 12.4 Å². The molecular formula is C15H26ClN3O2. The highest BCUT2D eigenvalue weighted by Gasteiger charge is 2.57. The quantitative estimate of drug-likeness (QED) is 0.725. The second-order valence-electron chi connectivity index (χ2n) is 6.84. The maximum absolute atomic E-state index is 12.4. The van der Waals surface area contributed by atoms with Crippen LogP contribution in [0.15, 0.2) is 0 Å². The van der Waals surface area contributed by atoms with Gasteiger partial charge in [0.05, 0.1) is 0 Å². The molecule has 3 fully saturated rings. The lowest BCUT2D eigenvalue weighted by atomic mass is 9.85. The Morgan fingerprint density at radius 1 is 1.19 bits per heavy atom. The summed E-state index contributed by atoms with van der Waals surface area (Å²) in [5, 5.41) is 6.53. The molecule has 0 bridgehead atoms. The van der Waals surface area contributed by atoms with Gasteiger partial charge in [-0.05, 0) is 57.0 Å². The van der Waals surface area contributed by atoms with Crippen molar-refractivity contribution in [3.63, 3.8) is 0 Å². The van der Waals surface area contributed by atoms with Crippen molar-refractivity contribution in [2.75, 3.05) is 13.1 Å². The van der Waals surface area contributed by atoms with E-state index in [0.717, 1.165) is 58.0 Å². The molecule has 21 heavy (non-hydrogen) atoms. The third-order valence-corrected chi connectivity index (χ3v) is 5.53. The van der Waals surface area contributed by atoms with Crippen molar-refractivity contribution in [3.8, 4) is 0 Å². The molecule has 2 saturated carbocycles. The minimum Gasteiger partial charge on any atom is -0.369 e. The Hall–Kier alpha value is -0.810. The third kappa shape index (κ3) is 3.51. The third-order valence-electron chi connectivity index (χ3n) is 5.53. The number of halogens is 1. The molecular weight excluding hydrogens is 290 g/mol. The molecule has 1 aliphatic heterocycles. The van der Waals surface area contributed by atoms with E-state index < -0.39 is 0 Å². The summed E-state index contributed by atoms with van der Waals surface area (Å²) in [6, 6.07) is 0.146. The van der Waals surface area contributed by atoms with Gasteiger partial charge < -0.3 is 16.4 Å². The van der Waals surface area contributed by atoms with Gasteiger partial charge in [-0.15, -0.1) is 12.4 Å². The van der Waals surface area contributed by atoms with Gasteiger partial charge in [0.15, 0.2) is 0 Å². The fourth-order valence-electron chi connectivity index (χ4n) is 4.08. The Balaban J connectivity index is 0.00000161. The van der Waals surface area contributed by atoms with E-state index in [0.29, 0.717) is 0 Å². The first-order chi connectivity index (χ1) is 9.61. The standard InChI is InChI=1S/C15H25N3O2.ClH/c16-13(19)10-2-1-3-11(8-10)18-14(20)12-9-15(12)4-6-17-7-5-15;/h10-12,17H,1-9H2,(H2,16,19)(H,18,20);1H. The van der Waals surface area contributed by atoms with Gasteiger partial charge >= 0.3 is 0 Å². The van der Waals surface area contributed by atoms with E-state index >= 15 is 0 Å². The fraction of sp³-hybridized carbons (Fsp3) is 0.867. The van der Waals surface area contributed by atoms with Crippen molar-refractivity contribution in [1.82, 2.24) is 10.6 Å². The van der Waals surface area contributed by atoms with E-state index in [1.807, 2.05) is 0 Å². The molecule has 5 nitrogen and oxygen atoms in total. The molecule has 1 saturated heterocycles. The van der Waals surface area contributed by atoms with Crippen molar-refractivity contribution in [2.45, 2.75) is 51.0 Å². The van der Waals surface area contributed by atoms with Gasteiger partial charge in [0.1, 0.15) is 0 Å². The highest BCUT2D eigenvalue weighted by Crippen LogP contribution is 2.58. The average Bonchev–Trinajstić information content (AvgIpc) is 3.13. The number of nitrogens with one attached hydrogen (secondary N) is 2. The number of carbonyl (C=O) groups excluding carboxylic acids is 2. The Morgan fingerprint density at radius 2 is 1.90 bits per heavy atom. The number of hydrogen-bond donors (Lipinski definition) is 3. The largest absolute Gasteiger partial charge is 0.369 e. The molecule has 6 heteroatoms. The van der Waals surface area contributed by atoms with Crippen LogP contribution in [0.5, 0.6) is 0 Å². The van der Waals surface area contributed by atoms with Crippen molar-refractivity contribution in [1.29, 1.82) is 0 Å². The van der Waals surface area contributed by atoms with Crippen LogP contribution in [0.25, 0.3) is 0 Å². The monoisotopic (exact) mass is 315 g/mol. The highest BCUT2D eigenvalue weighted by molar-refractivity contribution is 5.85. The molecule has 3 unspecified atom stereocenters. The second-order valence-corrected chi connectivity index (χ2v) is 6.84. The van der Waals surface area contributed by atoms with Gasteiger partial charge in [0, 0.05) is 17.9 Å². The summed E-state index contributed by atoms with van der Waals surface area (Å²) in [5.41, 5.74) is 5.67. The van der Waals surface area contributed by atoms with Gasteiger partial charge in [-0.3, -0.25) is 9.59 Å². The van der Waals surface area contributed by atoms with Crippen LogP contribution in [0, 0.1) is 17.3 Å². The molecule has 0 aromatic rings. The van der Waals surface area contributed by atoms with Crippen LogP contribution in [0.3, 0.4) is 0 Å². The predicted octanol–water partition coefficient (Wildman–Crippen LogP) is 0.958. The van der Waals surface area contributed by atoms with Crippen LogP contribution in [0.4, 0.5) is 0 Å². The summed E-state index contributed by atoms with van der Waals surface area (Å²) >= 11 is 0. The minimum absolute atomic E-state index is 0. The number of nitrogens with two attached hydrogens (primary N) is 1. The van der Waals surface area contributed by atoms with Crippen LogP contribution in [0.1, 0.15) is 44.9 Å². The van der Waals surface area contributed by atoms with Crippen LogP contribution in [0.2, 0.25) is 0 Å². The number of amides is 2. The van der Waals surface area contributed by atoms with E-state index in [1.54, 1.807) is 0 Å². The Kier molecular flexibility index (Phi) is 5.15. The average molecular weight is 316 g/mol. The maximum atomic E-state index is 12.4. The minimum atomic E-state index is -0.217. The fourth-order valence-corrected chi connectivity index (χ4v) is 4.08. The molecule has 1 spiro atoms. The Morgan fingerprint density at radius 3 is 2.57 bits per heavy atom. The van der Waals surface area contributed by atoms with Gasteiger partial charge in [0.2, 0.25) is 11.8 Å². The summed E-state index contributed by atoms with van der Waals surface area (Å²) in [4.78, 5) is 23.7. The van der Waals surface area contributed by atoms with Crippen molar-refractivity contribution in [2.24, 2.45) is 23.0 Å². The van der Waals surface area contributed by atoms with Crippen LogP contribution in [-0.4, -0.2) is 30.9 Å². The van der Waals surface area contributed by atoms with E-state index in [-0.39, 0.29) is 47.5 Å². The molecule has 0 radical (unpaired) electrons. The second kappa shape index (κ2) is 6.53. The normalized spacial score (nSPS) is 33.8. The number of hydrogen-bond acceptors (Lipinski definition) is 3. The SMILES string of the molecule is Cl.NC(=O)C1CCCC(NC(=O)C2CC23CCNCC3)C1. The molecule has 3 aliphatic rings. The summed E-state index contributed by atoms with van der Waals surface area (Å²) in [7, 11) is 0. The zero-order valence-electron chi connectivity index (χ0n) is 12.4. The molecule has 3 rings (SSSR count). The smallest absolute Gasteiger partial charge is 0.223 e. The topological polar surface area (TPSA) is 84.2 Å². The first kappa shape index (κ1) is 16.6. The van der Waals surface area contributed by atoms with Crippen molar-refractivity contribution in [3.05, 3.63) is 0 Å². The molecule has 0 aromatic carbocycles. The van der Waals surface area contributed by atoms with Gasteiger partial charge in [0.25, 0.3) is 0 Å². The van der Waals surface area contributed by atoms with Crippen molar-refractivity contribution >= 4 is 24.2 Å². The summed E-state index contributed by atoms with van der Waals surface area (Å²) in [5.74, 6) is 0.145. The molecule has 3 atom stereocenters.